The molecule has 3 heterocycles. The second-order valence-corrected chi connectivity index (χ2v) is 6.44. The minimum Gasteiger partial charge on any atom is -0.351 e. The van der Waals surface area contributed by atoms with Crippen LogP contribution in [0.1, 0.15) is 34.7 Å². The fourth-order valence-electron chi connectivity index (χ4n) is 3.09. The number of aryl methyl sites for hydroxylation is 1. The van der Waals surface area contributed by atoms with Crippen LogP contribution in [-0.4, -0.2) is 25.8 Å². The first-order valence-corrected chi connectivity index (χ1v) is 8.74. The Morgan fingerprint density at radius 3 is 2.67 bits per heavy atom. The van der Waals surface area contributed by atoms with Gasteiger partial charge in [-0.05, 0) is 38.1 Å². The fraction of sp³-hybridized carbons (Fsp3) is 0.143. The molecule has 0 saturated carbocycles. The van der Waals surface area contributed by atoms with E-state index in [2.05, 4.69) is 25.3 Å². The monoisotopic (exact) mass is 357 g/mol. The molecule has 0 fully saturated rings. The van der Waals surface area contributed by atoms with Gasteiger partial charge in [-0.3, -0.25) is 9.78 Å². The smallest absolute Gasteiger partial charge is 0.268 e. The maximum absolute atomic E-state index is 12.6. The Morgan fingerprint density at radius 2 is 1.93 bits per heavy atom. The SMILES string of the molecule is Cc1nc(-c2ccncc2)ncc1C(C)NC(=O)c1cc2ccccc2[nH]1. The fourth-order valence-corrected chi connectivity index (χ4v) is 3.09. The number of hydrogen-bond donors (Lipinski definition) is 2. The lowest BCUT2D eigenvalue weighted by atomic mass is 10.1. The van der Waals surface area contributed by atoms with Crippen molar-refractivity contribution in [2.24, 2.45) is 0 Å². The van der Waals surface area contributed by atoms with Gasteiger partial charge in [0, 0.05) is 46.3 Å². The summed E-state index contributed by atoms with van der Waals surface area (Å²) in [6.45, 7) is 3.85. The summed E-state index contributed by atoms with van der Waals surface area (Å²) in [6.07, 6.45) is 5.20. The molecular weight excluding hydrogens is 338 g/mol. The number of carbonyl (C=O) groups is 1. The lowest BCUT2D eigenvalue weighted by molar-refractivity contribution is 0.0935. The number of para-hydroxylation sites is 1. The van der Waals surface area contributed by atoms with Crippen LogP contribution in [-0.2, 0) is 0 Å². The van der Waals surface area contributed by atoms with Crippen LogP contribution in [0.2, 0.25) is 0 Å². The molecule has 27 heavy (non-hydrogen) atoms. The third kappa shape index (κ3) is 3.42. The summed E-state index contributed by atoms with van der Waals surface area (Å²) in [5, 5.41) is 4.02. The molecule has 2 N–H and O–H groups in total. The third-order valence-electron chi connectivity index (χ3n) is 4.54. The van der Waals surface area contributed by atoms with E-state index < -0.39 is 0 Å². The zero-order valence-corrected chi connectivity index (χ0v) is 15.1. The number of aromatic nitrogens is 4. The summed E-state index contributed by atoms with van der Waals surface area (Å²) < 4.78 is 0. The lowest BCUT2D eigenvalue weighted by Crippen LogP contribution is -2.27. The molecule has 0 saturated heterocycles. The summed E-state index contributed by atoms with van der Waals surface area (Å²) in [5.74, 6) is 0.490. The Hall–Kier alpha value is -3.54. The van der Waals surface area contributed by atoms with Crippen molar-refractivity contribution in [1.82, 2.24) is 25.3 Å². The van der Waals surface area contributed by atoms with Crippen molar-refractivity contribution in [3.8, 4) is 11.4 Å². The Labute approximate surface area is 156 Å². The minimum absolute atomic E-state index is 0.156. The van der Waals surface area contributed by atoms with E-state index in [1.54, 1.807) is 18.6 Å². The Morgan fingerprint density at radius 1 is 1.15 bits per heavy atom. The number of nitrogens with zero attached hydrogens (tertiary/aromatic N) is 3. The molecule has 0 aliphatic heterocycles. The molecule has 1 unspecified atom stereocenters. The van der Waals surface area contributed by atoms with Crippen molar-refractivity contribution in [1.29, 1.82) is 0 Å². The van der Waals surface area contributed by atoms with Crippen LogP contribution in [0.25, 0.3) is 22.3 Å². The topological polar surface area (TPSA) is 83.6 Å². The van der Waals surface area contributed by atoms with Gasteiger partial charge >= 0.3 is 0 Å². The predicted octanol–water partition coefficient (Wildman–Crippen LogP) is 3.82. The molecule has 0 aliphatic carbocycles. The molecular formula is C21H19N5O. The number of hydrogen-bond acceptors (Lipinski definition) is 4. The maximum Gasteiger partial charge on any atom is 0.268 e. The third-order valence-corrected chi connectivity index (χ3v) is 4.54. The van der Waals surface area contributed by atoms with Gasteiger partial charge in [0.05, 0.1) is 6.04 Å². The molecule has 4 aromatic rings. The summed E-state index contributed by atoms with van der Waals surface area (Å²) in [7, 11) is 0. The number of fused-ring (bicyclic) bond motifs is 1. The highest BCUT2D eigenvalue weighted by atomic mass is 16.1. The van der Waals surface area contributed by atoms with Crippen molar-refractivity contribution >= 4 is 16.8 Å². The standard InChI is InChI=1S/C21H19N5O/c1-13-17(12-23-20(24-13)15-7-9-22-10-8-15)14(2)25-21(27)19-11-16-5-3-4-6-18(16)26-19/h3-12,14,26H,1-2H3,(H,25,27). The van der Waals surface area contributed by atoms with Gasteiger partial charge in [-0.1, -0.05) is 18.2 Å². The first-order chi connectivity index (χ1) is 13.1. The van der Waals surface area contributed by atoms with E-state index >= 15 is 0 Å². The molecule has 0 radical (unpaired) electrons. The number of amides is 1. The van der Waals surface area contributed by atoms with Gasteiger partial charge in [-0.15, -0.1) is 0 Å². The van der Waals surface area contributed by atoms with Gasteiger partial charge in [0.1, 0.15) is 5.69 Å². The molecule has 0 bridgehead atoms. The van der Waals surface area contributed by atoms with Crippen LogP contribution in [0.3, 0.4) is 0 Å². The normalized spacial score (nSPS) is 12.1. The highest BCUT2D eigenvalue weighted by Gasteiger charge is 2.16. The summed E-state index contributed by atoms with van der Waals surface area (Å²) in [5.41, 5.74) is 4.11. The molecule has 1 aromatic carbocycles. The second-order valence-electron chi connectivity index (χ2n) is 6.44. The average Bonchev–Trinajstić information content (AvgIpc) is 3.13. The highest BCUT2D eigenvalue weighted by Crippen LogP contribution is 2.20. The van der Waals surface area contributed by atoms with E-state index in [9.17, 15) is 4.79 Å². The number of pyridine rings is 1. The number of H-pyrrole nitrogens is 1. The Balaban J connectivity index is 1.54. The molecule has 0 spiro atoms. The Bertz CT molecular complexity index is 1070. The van der Waals surface area contributed by atoms with Gasteiger partial charge < -0.3 is 10.3 Å². The molecule has 1 atom stereocenters. The van der Waals surface area contributed by atoms with Gasteiger partial charge in [-0.25, -0.2) is 9.97 Å². The van der Waals surface area contributed by atoms with E-state index in [4.69, 9.17) is 0 Å². The van der Waals surface area contributed by atoms with Crippen molar-refractivity contribution in [2.45, 2.75) is 19.9 Å². The minimum atomic E-state index is -0.213. The van der Waals surface area contributed by atoms with E-state index in [-0.39, 0.29) is 11.9 Å². The first-order valence-electron chi connectivity index (χ1n) is 8.74. The summed E-state index contributed by atoms with van der Waals surface area (Å²) in [4.78, 5) is 28.8. The van der Waals surface area contributed by atoms with Crippen molar-refractivity contribution < 1.29 is 4.79 Å². The number of carbonyl (C=O) groups excluding carboxylic acids is 1. The molecule has 6 nitrogen and oxygen atoms in total. The van der Waals surface area contributed by atoms with Crippen LogP contribution in [0.5, 0.6) is 0 Å². The van der Waals surface area contributed by atoms with Crippen molar-refractivity contribution in [3.05, 3.63) is 78.0 Å². The summed E-state index contributed by atoms with van der Waals surface area (Å²) >= 11 is 0. The predicted molar refractivity (Wildman–Crippen MR) is 104 cm³/mol. The molecule has 134 valence electrons. The zero-order chi connectivity index (χ0) is 18.8. The van der Waals surface area contributed by atoms with E-state index in [1.807, 2.05) is 56.3 Å². The number of rotatable bonds is 4. The van der Waals surface area contributed by atoms with E-state index in [0.29, 0.717) is 11.5 Å². The summed E-state index contributed by atoms with van der Waals surface area (Å²) in [6, 6.07) is 13.2. The first kappa shape index (κ1) is 16.9. The van der Waals surface area contributed by atoms with Gasteiger partial charge in [0.25, 0.3) is 5.91 Å². The lowest BCUT2D eigenvalue weighted by Gasteiger charge is -2.16. The highest BCUT2D eigenvalue weighted by molar-refractivity contribution is 5.98. The van der Waals surface area contributed by atoms with Crippen molar-refractivity contribution in [3.63, 3.8) is 0 Å². The molecule has 4 rings (SSSR count). The molecule has 0 aliphatic rings. The van der Waals surface area contributed by atoms with E-state index in [0.717, 1.165) is 27.7 Å². The second kappa shape index (κ2) is 6.99. The van der Waals surface area contributed by atoms with Crippen LogP contribution in [0.15, 0.2) is 61.1 Å². The van der Waals surface area contributed by atoms with Gasteiger partial charge in [0.2, 0.25) is 0 Å². The molecule has 6 heteroatoms. The number of aromatic amines is 1. The average molecular weight is 357 g/mol. The number of nitrogens with one attached hydrogen (secondary N) is 2. The molecule has 1 amide bonds. The van der Waals surface area contributed by atoms with Crippen LogP contribution < -0.4 is 5.32 Å². The quantitative estimate of drug-likeness (QED) is 0.581. The van der Waals surface area contributed by atoms with E-state index in [1.165, 1.54) is 0 Å². The van der Waals surface area contributed by atoms with Crippen molar-refractivity contribution in [2.75, 3.05) is 0 Å². The van der Waals surface area contributed by atoms with Gasteiger partial charge in [-0.2, -0.15) is 0 Å². The maximum atomic E-state index is 12.6. The largest absolute Gasteiger partial charge is 0.351 e. The molecule has 3 aromatic heterocycles. The van der Waals surface area contributed by atoms with Crippen LogP contribution >= 0.6 is 0 Å². The van der Waals surface area contributed by atoms with Crippen LogP contribution in [0, 0.1) is 6.92 Å². The Kier molecular flexibility index (Phi) is 4.38. The van der Waals surface area contributed by atoms with Gasteiger partial charge in [0.15, 0.2) is 5.82 Å². The van der Waals surface area contributed by atoms with Crippen LogP contribution in [0.4, 0.5) is 0 Å². The number of benzene rings is 1. The zero-order valence-electron chi connectivity index (χ0n) is 15.1.